The average Bonchev–Trinajstić information content (AvgIpc) is 2.11. The summed E-state index contributed by atoms with van der Waals surface area (Å²) < 4.78 is 0. The molecule has 0 atom stereocenters. The first-order valence-electron chi connectivity index (χ1n) is 4.55. The lowest BCUT2D eigenvalue weighted by atomic mass is 9.93. The zero-order valence-electron chi connectivity index (χ0n) is 9.10. The van der Waals surface area contributed by atoms with Gasteiger partial charge in [0.05, 0.1) is 0 Å². The van der Waals surface area contributed by atoms with Gasteiger partial charge in [0.2, 0.25) is 0 Å². The Labute approximate surface area is 84.5 Å². The molecule has 0 fully saturated rings. The molecule has 2 nitrogen and oxygen atoms in total. The third-order valence-electron chi connectivity index (χ3n) is 2.60. The molecule has 2 N–H and O–H groups in total. The summed E-state index contributed by atoms with van der Waals surface area (Å²) >= 11 is 0. The van der Waals surface area contributed by atoms with Crippen molar-refractivity contribution in [3.05, 3.63) is 28.8 Å². The Hall–Kier alpha value is -1.44. The molecule has 0 radical (unpaired) electrons. The maximum absolute atomic E-state index is 9.74. The van der Waals surface area contributed by atoms with E-state index in [2.05, 4.69) is 6.58 Å². The van der Waals surface area contributed by atoms with Gasteiger partial charge in [-0.2, -0.15) is 0 Å². The SMILES string of the molecule is C=C(C)c1c(C)c(O)c(C)c(O)c1C. The normalized spacial score (nSPS) is 10.3. The van der Waals surface area contributed by atoms with E-state index in [4.69, 9.17) is 0 Å². The van der Waals surface area contributed by atoms with Crippen LogP contribution in [0, 0.1) is 20.8 Å². The second kappa shape index (κ2) is 3.37. The summed E-state index contributed by atoms with van der Waals surface area (Å²) in [5.74, 6) is 0.317. The van der Waals surface area contributed by atoms with Crippen LogP contribution in [0.3, 0.4) is 0 Å². The lowest BCUT2D eigenvalue weighted by Crippen LogP contribution is -1.94. The second-order valence-electron chi connectivity index (χ2n) is 3.73. The van der Waals surface area contributed by atoms with Gasteiger partial charge < -0.3 is 10.2 Å². The molecule has 0 aliphatic rings. The minimum absolute atomic E-state index is 0.158. The maximum atomic E-state index is 9.74. The van der Waals surface area contributed by atoms with Gasteiger partial charge in [-0.25, -0.2) is 0 Å². The Kier molecular flexibility index (Phi) is 2.56. The number of benzene rings is 1. The zero-order valence-corrected chi connectivity index (χ0v) is 9.10. The van der Waals surface area contributed by atoms with Crippen molar-refractivity contribution in [2.45, 2.75) is 27.7 Å². The Morgan fingerprint density at radius 1 is 0.929 bits per heavy atom. The average molecular weight is 192 g/mol. The number of allylic oxidation sites excluding steroid dienone is 1. The fourth-order valence-electron chi connectivity index (χ4n) is 1.83. The first-order valence-corrected chi connectivity index (χ1v) is 4.55. The third-order valence-corrected chi connectivity index (χ3v) is 2.60. The molecule has 0 saturated carbocycles. The van der Waals surface area contributed by atoms with E-state index >= 15 is 0 Å². The molecular weight excluding hydrogens is 176 g/mol. The molecule has 0 aliphatic heterocycles. The number of hydrogen-bond donors (Lipinski definition) is 2. The van der Waals surface area contributed by atoms with E-state index in [0.717, 1.165) is 22.3 Å². The van der Waals surface area contributed by atoms with Crippen molar-refractivity contribution in [3.8, 4) is 11.5 Å². The van der Waals surface area contributed by atoms with Crippen LogP contribution in [0.1, 0.15) is 29.2 Å². The summed E-state index contributed by atoms with van der Waals surface area (Å²) in [6.07, 6.45) is 0. The van der Waals surface area contributed by atoms with E-state index < -0.39 is 0 Å². The van der Waals surface area contributed by atoms with Crippen LogP contribution in [0.5, 0.6) is 11.5 Å². The monoisotopic (exact) mass is 192 g/mol. The Morgan fingerprint density at radius 2 is 1.29 bits per heavy atom. The van der Waals surface area contributed by atoms with E-state index in [-0.39, 0.29) is 11.5 Å². The van der Waals surface area contributed by atoms with E-state index in [0.29, 0.717) is 5.56 Å². The van der Waals surface area contributed by atoms with Crippen LogP contribution < -0.4 is 0 Å². The lowest BCUT2D eigenvalue weighted by Gasteiger charge is -2.15. The number of aromatic hydroxyl groups is 2. The number of phenolic OH excluding ortho intramolecular Hbond substituents is 2. The summed E-state index contributed by atoms with van der Waals surface area (Å²) in [5, 5.41) is 19.5. The molecule has 1 rings (SSSR count). The molecule has 1 aromatic carbocycles. The van der Waals surface area contributed by atoms with Crippen LogP contribution in [0.4, 0.5) is 0 Å². The van der Waals surface area contributed by atoms with Gasteiger partial charge in [-0.1, -0.05) is 12.2 Å². The summed E-state index contributed by atoms with van der Waals surface area (Å²) in [7, 11) is 0. The van der Waals surface area contributed by atoms with E-state index in [1.807, 2.05) is 20.8 Å². The van der Waals surface area contributed by atoms with Crippen LogP contribution in [0.15, 0.2) is 6.58 Å². The van der Waals surface area contributed by atoms with Crippen LogP contribution >= 0.6 is 0 Å². The molecule has 0 saturated heterocycles. The van der Waals surface area contributed by atoms with Crippen LogP contribution in [-0.2, 0) is 0 Å². The fraction of sp³-hybridized carbons (Fsp3) is 0.333. The van der Waals surface area contributed by atoms with Gasteiger partial charge in [-0.15, -0.1) is 0 Å². The van der Waals surface area contributed by atoms with E-state index in [9.17, 15) is 10.2 Å². The number of hydrogen-bond acceptors (Lipinski definition) is 2. The fourth-order valence-corrected chi connectivity index (χ4v) is 1.83. The summed E-state index contributed by atoms with van der Waals surface area (Å²) in [6, 6.07) is 0. The molecule has 1 aromatic rings. The first kappa shape index (κ1) is 10.6. The minimum atomic E-state index is 0.158. The highest BCUT2D eigenvalue weighted by atomic mass is 16.3. The molecule has 0 heterocycles. The molecule has 0 amide bonds. The molecule has 0 bridgehead atoms. The van der Waals surface area contributed by atoms with Crippen molar-refractivity contribution in [2.75, 3.05) is 0 Å². The molecule has 0 spiro atoms. The van der Waals surface area contributed by atoms with Crippen molar-refractivity contribution in [1.29, 1.82) is 0 Å². The summed E-state index contributed by atoms with van der Waals surface area (Å²) in [6.45, 7) is 11.1. The van der Waals surface area contributed by atoms with Gasteiger partial charge in [0, 0.05) is 5.56 Å². The zero-order chi connectivity index (χ0) is 11.0. The van der Waals surface area contributed by atoms with Crippen LogP contribution in [0.25, 0.3) is 5.57 Å². The van der Waals surface area contributed by atoms with Crippen molar-refractivity contribution >= 4 is 5.57 Å². The molecular formula is C12H16O2. The number of rotatable bonds is 1. The topological polar surface area (TPSA) is 40.5 Å². The molecule has 0 aliphatic carbocycles. The third kappa shape index (κ3) is 1.37. The minimum Gasteiger partial charge on any atom is -0.507 e. The van der Waals surface area contributed by atoms with E-state index in [1.54, 1.807) is 6.92 Å². The van der Waals surface area contributed by atoms with Gasteiger partial charge in [0.1, 0.15) is 11.5 Å². The molecule has 0 unspecified atom stereocenters. The number of phenols is 2. The van der Waals surface area contributed by atoms with Gasteiger partial charge in [0.15, 0.2) is 0 Å². The Balaban J connectivity index is 3.68. The van der Waals surface area contributed by atoms with Gasteiger partial charge in [-0.05, 0) is 44.4 Å². The molecule has 76 valence electrons. The largest absolute Gasteiger partial charge is 0.507 e. The first-order chi connectivity index (χ1) is 6.37. The Morgan fingerprint density at radius 3 is 1.57 bits per heavy atom. The van der Waals surface area contributed by atoms with Gasteiger partial charge in [-0.3, -0.25) is 0 Å². The highest BCUT2D eigenvalue weighted by Gasteiger charge is 2.15. The highest BCUT2D eigenvalue weighted by molar-refractivity contribution is 5.73. The smallest absolute Gasteiger partial charge is 0.125 e. The van der Waals surface area contributed by atoms with Gasteiger partial charge in [0.25, 0.3) is 0 Å². The molecule has 14 heavy (non-hydrogen) atoms. The van der Waals surface area contributed by atoms with Crippen LogP contribution in [0.2, 0.25) is 0 Å². The van der Waals surface area contributed by atoms with Crippen LogP contribution in [-0.4, -0.2) is 10.2 Å². The van der Waals surface area contributed by atoms with Gasteiger partial charge >= 0.3 is 0 Å². The predicted molar refractivity (Wildman–Crippen MR) is 58.7 cm³/mol. The van der Waals surface area contributed by atoms with Crippen molar-refractivity contribution < 1.29 is 10.2 Å². The highest BCUT2D eigenvalue weighted by Crippen LogP contribution is 2.38. The second-order valence-corrected chi connectivity index (χ2v) is 3.73. The van der Waals surface area contributed by atoms with Crippen molar-refractivity contribution in [2.24, 2.45) is 0 Å². The predicted octanol–water partition coefficient (Wildman–Crippen LogP) is 3.06. The summed E-state index contributed by atoms with van der Waals surface area (Å²) in [5.41, 5.74) is 3.80. The van der Waals surface area contributed by atoms with Crippen molar-refractivity contribution in [1.82, 2.24) is 0 Å². The van der Waals surface area contributed by atoms with Crippen molar-refractivity contribution in [3.63, 3.8) is 0 Å². The standard InChI is InChI=1S/C12H16O2/c1-6(2)10-7(3)11(13)9(5)12(14)8(10)4/h13-14H,1H2,2-5H3. The molecule has 0 aromatic heterocycles. The maximum Gasteiger partial charge on any atom is 0.125 e. The lowest BCUT2D eigenvalue weighted by molar-refractivity contribution is 0.437. The summed E-state index contributed by atoms with van der Waals surface area (Å²) in [4.78, 5) is 0. The molecule has 2 heteroatoms. The quantitative estimate of drug-likeness (QED) is 0.718. The van der Waals surface area contributed by atoms with E-state index in [1.165, 1.54) is 0 Å². The Bertz CT molecular complexity index is 374.